The molecule has 2 atom stereocenters. The van der Waals surface area contributed by atoms with E-state index in [2.05, 4.69) is 20.1 Å². The third-order valence-electron chi connectivity index (χ3n) is 3.79. The predicted molar refractivity (Wildman–Crippen MR) is 103 cm³/mol. The third-order valence-corrected chi connectivity index (χ3v) is 3.79. The van der Waals surface area contributed by atoms with Crippen LogP contribution in [0.25, 0.3) is 0 Å². The van der Waals surface area contributed by atoms with E-state index in [9.17, 15) is 4.79 Å². The maximum atomic E-state index is 11.7. The van der Waals surface area contributed by atoms with E-state index in [1.165, 1.54) is 0 Å². The maximum absolute atomic E-state index is 11.7. The van der Waals surface area contributed by atoms with Crippen molar-refractivity contribution in [1.82, 2.24) is 15.2 Å². The summed E-state index contributed by atoms with van der Waals surface area (Å²) in [6, 6.07) is 6.06. The van der Waals surface area contributed by atoms with Crippen LogP contribution in [-0.4, -0.2) is 60.6 Å². The third kappa shape index (κ3) is 7.66. The molecule has 2 heterocycles. The lowest BCUT2D eigenvalue weighted by molar-refractivity contribution is -0.122. The number of anilines is 1. The van der Waals surface area contributed by atoms with Crippen molar-refractivity contribution in [3.05, 3.63) is 24.4 Å². The van der Waals surface area contributed by atoms with E-state index in [1.807, 2.05) is 38.2 Å². The number of nitrogens with zero attached hydrogens (tertiary/aromatic N) is 3. The van der Waals surface area contributed by atoms with Crippen molar-refractivity contribution >= 4 is 36.5 Å². The number of halogens is 2. The van der Waals surface area contributed by atoms with Gasteiger partial charge in [-0.15, -0.1) is 24.8 Å². The van der Waals surface area contributed by atoms with Gasteiger partial charge in [0.05, 0.1) is 0 Å². The first kappa shape index (κ1) is 22.9. The molecule has 1 amide bonds. The second-order valence-electron chi connectivity index (χ2n) is 6.13. The molecule has 1 aliphatic rings. The Kier molecular flexibility index (Phi) is 11.0. The smallest absolute Gasteiger partial charge is 0.221 e. The minimum Gasteiger partial charge on any atom is -0.354 e. The van der Waals surface area contributed by atoms with Gasteiger partial charge in [-0.2, -0.15) is 0 Å². The molecule has 2 unspecified atom stereocenters. The van der Waals surface area contributed by atoms with Crippen LogP contribution in [0.2, 0.25) is 0 Å². The van der Waals surface area contributed by atoms with Crippen molar-refractivity contribution in [3.63, 3.8) is 0 Å². The first-order chi connectivity index (χ1) is 10.5. The Bertz CT molecular complexity index is 467. The Morgan fingerprint density at radius 1 is 1.25 bits per heavy atom. The summed E-state index contributed by atoms with van der Waals surface area (Å²) in [5, 5.41) is 3.01. The summed E-state index contributed by atoms with van der Waals surface area (Å²) in [6.07, 6.45) is 2.22. The highest BCUT2D eigenvalue weighted by Gasteiger charge is 2.20. The lowest BCUT2D eigenvalue weighted by Crippen LogP contribution is -2.51. The summed E-state index contributed by atoms with van der Waals surface area (Å²) >= 11 is 0. The molecule has 0 radical (unpaired) electrons. The van der Waals surface area contributed by atoms with Crippen LogP contribution in [0.15, 0.2) is 24.4 Å². The van der Waals surface area contributed by atoms with Crippen LogP contribution >= 0.6 is 24.8 Å². The molecule has 0 saturated carbocycles. The predicted octanol–water partition coefficient (Wildman–Crippen LogP) is 1.29. The van der Waals surface area contributed by atoms with Crippen LogP contribution in [0.1, 0.15) is 20.3 Å². The lowest BCUT2D eigenvalue weighted by atomic mass is 10.2. The number of nitrogens with two attached hydrogens (primary N) is 1. The van der Waals surface area contributed by atoms with E-state index in [4.69, 9.17) is 5.73 Å². The molecule has 6 nitrogen and oxygen atoms in total. The number of piperazine rings is 1. The number of amides is 1. The fourth-order valence-electron chi connectivity index (χ4n) is 2.76. The van der Waals surface area contributed by atoms with Crippen LogP contribution < -0.4 is 16.0 Å². The molecule has 0 bridgehead atoms. The average Bonchev–Trinajstić information content (AvgIpc) is 2.47. The van der Waals surface area contributed by atoms with Gasteiger partial charge in [0.1, 0.15) is 5.82 Å². The molecule has 8 heteroatoms. The number of aromatic nitrogens is 1. The van der Waals surface area contributed by atoms with Crippen molar-refractivity contribution in [2.24, 2.45) is 5.73 Å². The number of pyridine rings is 1. The van der Waals surface area contributed by atoms with Crippen molar-refractivity contribution in [2.45, 2.75) is 32.4 Å². The number of hydrogen-bond acceptors (Lipinski definition) is 5. The second kappa shape index (κ2) is 11.5. The van der Waals surface area contributed by atoms with Gasteiger partial charge in [0, 0.05) is 57.4 Å². The zero-order valence-corrected chi connectivity index (χ0v) is 16.0. The summed E-state index contributed by atoms with van der Waals surface area (Å²) in [6.45, 7) is 8.69. The summed E-state index contributed by atoms with van der Waals surface area (Å²) in [4.78, 5) is 20.8. The maximum Gasteiger partial charge on any atom is 0.221 e. The minimum absolute atomic E-state index is 0. The van der Waals surface area contributed by atoms with Crippen LogP contribution in [0, 0.1) is 0 Å². The summed E-state index contributed by atoms with van der Waals surface area (Å²) in [5.41, 5.74) is 5.64. The standard InChI is InChI=1S/C16H27N5O.2ClH/c1-13(17)11-16(22)19-14(2)12-20-7-9-21(10-8-20)15-5-3-4-6-18-15;;/h3-6,13-14H,7-12,17H2,1-2H3,(H,19,22);2*1H. The van der Waals surface area contributed by atoms with Gasteiger partial charge in [-0.1, -0.05) is 6.07 Å². The normalized spacial score (nSPS) is 17.2. The van der Waals surface area contributed by atoms with E-state index < -0.39 is 0 Å². The van der Waals surface area contributed by atoms with E-state index >= 15 is 0 Å². The van der Waals surface area contributed by atoms with E-state index in [0.29, 0.717) is 6.42 Å². The number of rotatable bonds is 6. The fourth-order valence-corrected chi connectivity index (χ4v) is 2.76. The molecular formula is C16H29Cl2N5O. The fraction of sp³-hybridized carbons (Fsp3) is 0.625. The molecule has 1 aromatic heterocycles. The first-order valence-corrected chi connectivity index (χ1v) is 7.98. The SMILES string of the molecule is CC(N)CC(=O)NC(C)CN1CCN(c2ccccn2)CC1.Cl.Cl. The number of carbonyl (C=O) groups excluding carboxylic acids is 1. The highest BCUT2D eigenvalue weighted by atomic mass is 35.5. The van der Waals surface area contributed by atoms with Crippen molar-refractivity contribution in [2.75, 3.05) is 37.6 Å². The monoisotopic (exact) mass is 377 g/mol. The van der Waals surface area contributed by atoms with Gasteiger partial charge in [0.25, 0.3) is 0 Å². The summed E-state index contributed by atoms with van der Waals surface area (Å²) in [5.74, 6) is 1.08. The van der Waals surface area contributed by atoms with E-state index in [1.54, 1.807) is 0 Å². The Hall–Kier alpha value is -1.08. The zero-order valence-electron chi connectivity index (χ0n) is 14.4. The van der Waals surface area contributed by atoms with Gasteiger partial charge in [-0.25, -0.2) is 4.98 Å². The number of carbonyl (C=O) groups is 1. The lowest BCUT2D eigenvalue weighted by Gasteiger charge is -2.36. The Labute approximate surface area is 157 Å². The molecule has 1 saturated heterocycles. The van der Waals surface area contributed by atoms with Crippen molar-refractivity contribution in [3.8, 4) is 0 Å². The van der Waals surface area contributed by atoms with Crippen LogP contribution in [0.4, 0.5) is 5.82 Å². The first-order valence-electron chi connectivity index (χ1n) is 7.98. The van der Waals surface area contributed by atoms with Crippen LogP contribution in [0.5, 0.6) is 0 Å². The largest absolute Gasteiger partial charge is 0.354 e. The molecule has 1 aliphatic heterocycles. The van der Waals surface area contributed by atoms with Gasteiger partial charge in [0.15, 0.2) is 0 Å². The molecular weight excluding hydrogens is 349 g/mol. The second-order valence-corrected chi connectivity index (χ2v) is 6.13. The topological polar surface area (TPSA) is 74.5 Å². The molecule has 1 aromatic rings. The van der Waals surface area contributed by atoms with Gasteiger partial charge < -0.3 is 16.0 Å². The van der Waals surface area contributed by atoms with Crippen molar-refractivity contribution in [1.29, 1.82) is 0 Å². The quantitative estimate of drug-likeness (QED) is 0.780. The van der Waals surface area contributed by atoms with Crippen LogP contribution in [0.3, 0.4) is 0 Å². The van der Waals surface area contributed by atoms with Crippen molar-refractivity contribution < 1.29 is 4.79 Å². The highest BCUT2D eigenvalue weighted by Crippen LogP contribution is 2.12. The summed E-state index contributed by atoms with van der Waals surface area (Å²) < 4.78 is 0. The minimum atomic E-state index is -0.0888. The average molecular weight is 378 g/mol. The zero-order chi connectivity index (χ0) is 15.9. The molecule has 138 valence electrons. The van der Waals surface area contributed by atoms with Gasteiger partial charge in [-0.05, 0) is 26.0 Å². The highest BCUT2D eigenvalue weighted by molar-refractivity contribution is 5.85. The number of nitrogens with one attached hydrogen (secondary N) is 1. The Morgan fingerprint density at radius 2 is 1.92 bits per heavy atom. The van der Waals surface area contributed by atoms with E-state index in [-0.39, 0.29) is 42.8 Å². The Morgan fingerprint density at radius 3 is 2.46 bits per heavy atom. The molecule has 0 spiro atoms. The van der Waals surface area contributed by atoms with Gasteiger partial charge >= 0.3 is 0 Å². The molecule has 2 rings (SSSR count). The number of hydrogen-bond donors (Lipinski definition) is 2. The summed E-state index contributed by atoms with van der Waals surface area (Å²) in [7, 11) is 0. The molecule has 0 aliphatic carbocycles. The molecule has 1 fully saturated rings. The Balaban J connectivity index is 0.00000264. The van der Waals surface area contributed by atoms with E-state index in [0.717, 1.165) is 38.5 Å². The molecule has 0 aromatic carbocycles. The molecule has 3 N–H and O–H groups in total. The van der Waals surface area contributed by atoms with Gasteiger partial charge in [-0.3, -0.25) is 9.69 Å². The van der Waals surface area contributed by atoms with Gasteiger partial charge in [0.2, 0.25) is 5.91 Å². The molecule has 24 heavy (non-hydrogen) atoms. The van der Waals surface area contributed by atoms with Crippen LogP contribution in [-0.2, 0) is 4.79 Å².